The van der Waals surface area contributed by atoms with E-state index in [2.05, 4.69) is 5.10 Å². The number of phenolic OH excluding ortho intramolecular Hbond substituents is 1. The summed E-state index contributed by atoms with van der Waals surface area (Å²) in [6.07, 6.45) is 0. The summed E-state index contributed by atoms with van der Waals surface area (Å²) in [7, 11) is 1.56. The van der Waals surface area contributed by atoms with E-state index in [1.807, 2.05) is 0 Å². The normalized spacial score (nSPS) is 10.6. The van der Waals surface area contributed by atoms with Crippen LogP contribution in [-0.2, 0) is 6.54 Å². The Bertz CT molecular complexity index is 1050. The van der Waals surface area contributed by atoms with Gasteiger partial charge in [0.15, 0.2) is 5.69 Å². The zero-order chi connectivity index (χ0) is 19.6. The topological polar surface area (TPSA) is 75.4 Å². The van der Waals surface area contributed by atoms with E-state index in [4.69, 9.17) is 11.6 Å². The van der Waals surface area contributed by atoms with E-state index >= 15 is 0 Å². The van der Waals surface area contributed by atoms with Gasteiger partial charge in [-0.15, -0.1) is 0 Å². The Labute approximate surface area is 161 Å². The van der Waals surface area contributed by atoms with E-state index in [1.54, 1.807) is 62.5 Å². The number of halogens is 1. The number of phenols is 1. The molecule has 7 heteroatoms. The molecule has 0 saturated carbocycles. The Kier molecular flexibility index (Phi) is 5.28. The van der Waals surface area contributed by atoms with Gasteiger partial charge in [-0.05, 0) is 37.3 Å². The lowest BCUT2D eigenvalue weighted by Crippen LogP contribution is -2.33. The lowest BCUT2D eigenvalue weighted by Gasteiger charge is -2.18. The summed E-state index contributed by atoms with van der Waals surface area (Å²) in [5.74, 6) is -0.432. The summed E-state index contributed by atoms with van der Waals surface area (Å²) in [6, 6.07) is 15.0. The van der Waals surface area contributed by atoms with E-state index < -0.39 is 11.3 Å². The fourth-order valence-electron chi connectivity index (χ4n) is 2.69. The molecule has 2 aromatic carbocycles. The van der Waals surface area contributed by atoms with Crippen molar-refractivity contribution in [3.8, 4) is 11.4 Å². The number of rotatable bonds is 4. The second kappa shape index (κ2) is 7.63. The highest BCUT2D eigenvalue weighted by atomic mass is 35.5. The van der Waals surface area contributed by atoms with Crippen LogP contribution in [-0.4, -0.2) is 32.7 Å². The monoisotopic (exact) mass is 383 g/mol. The van der Waals surface area contributed by atoms with Crippen LogP contribution < -0.4 is 5.43 Å². The van der Waals surface area contributed by atoms with Crippen LogP contribution in [0.2, 0.25) is 5.02 Å². The molecule has 6 nitrogen and oxygen atoms in total. The van der Waals surface area contributed by atoms with Gasteiger partial charge >= 0.3 is 0 Å². The second-order valence-electron chi connectivity index (χ2n) is 6.18. The SMILES string of the molecule is Cc1cc(=O)c(C(=O)N(C)Cc2ccccc2O)nn1-c1ccc(Cl)cc1. The number of amides is 1. The molecule has 0 radical (unpaired) electrons. The zero-order valence-corrected chi connectivity index (χ0v) is 15.6. The smallest absolute Gasteiger partial charge is 0.278 e. The summed E-state index contributed by atoms with van der Waals surface area (Å²) in [5.41, 5.74) is 1.23. The fraction of sp³-hybridized carbons (Fsp3) is 0.150. The summed E-state index contributed by atoms with van der Waals surface area (Å²) in [4.78, 5) is 26.5. The van der Waals surface area contributed by atoms with Crippen molar-refractivity contribution in [2.75, 3.05) is 7.05 Å². The van der Waals surface area contributed by atoms with E-state index in [1.165, 1.54) is 15.6 Å². The van der Waals surface area contributed by atoms with Gasteiger partial charge in [0.1, 0.15) is 5.75 Å². The molecule has 0 aliphatic rings. The van der Waals surface area contributed by atoms with E-state index in [0.29, 0.717) is 22.0 Å². The van der Waals surface area contributed by atoms with Crippen molar-refractivity contribution in [2.45, 2.75) is 13.5 Å². The van der Waals surface area contributed by atoms with Gasteiger partial charge in [-0.3, -0.25) is 9.59 Å². The van der Waals surface area contributed by atoms with Crippen LogP contribution in [0.5, 0.6) is 5.75 Å². The minimum atomic E-state index is -0.522. The largest absolute Gasteiger partial charge is 0.508 e. The number of aryl methyl sites for hydroxylation is 1. The molecule has 0 aliphatic carbocycles. The third-order valence-electron chi connectivity index (χ3n) is 4.13. The number of benzene rings is 2. The minimum Gasteiger partial charge on any atom is -0.508 e. The van der Waals surface area contributed by atoms with E-state index in [9.17, 15) is 14.7 Å². The number of hydrogen-bond donors (Lipinski definition) is 1. The molecule has 0 spiro atoms. The fourth-order valence-corrected chi connectivity index (χ4v) is 2.82. The third-order valence-corrected chi connectivity index (χ3v) is 4.38. The number of carbonyl (C=O) groups excluding carboxylic acids is 1. The number of hydrogen-bond acceptors (Lipinski definition) is 4. The maximum atomic E-state index is 12.8. The quantitative estimate of drug-likeness (QED) is 0.750. The summed E-state index contributed by atoms with van der Waals surface area (Å²) in [5, 5.41) is 14.7. The molecule has 0 saturated heterocycles. The highest BCUT2D eigenvalue weighted by molar-refractivity contribution is 6.30. The van der Waals surface area contributed by atoms with Crippen LogP contribution in [0.25, 0.3) is 5.69 Å². The van der Waals surface area contributed by atoms with Gasteiger partial charge in [0, 0.05) is 35.9 Å². The predicted octanol–water partition coefficient (Wildman–Crippen LogP) is 3.17. The number of aromatic hydroxyl groups is 1. The third kappa shape index (κ3) is 4.01. The molecule has 3 rings (SSSR count). The minimum absolute atomic E-state index is 0.0904. The lowest BCUT2D eigenvalue weighted by atomic mass is 10.2. The van der Waals surface area contributed by atoms with Crippen LogP contribution in [0, 0.1) is 6.92 Å². The standard InChI is InChI=1S/C20H18ClN3O3/c1-13-11-18(26)19(22-24(13)16-9-7-15(21)8-10-16)20(27)23(2)12-14-5-3-4-6-17(14)25/h3-11,25H,12H2,1-2H3. The molecular formula is C20H18ClN3O3. The highest BCUT2D eigenvalue weighted by Crippen LogP contribution is 2.18. The van der Waals surface area contributed by atoms with Crippen LogP contribution in [0.3, 0.4) is 0 Å². The molecular weight excluding hydrogens is 366 g/mol. The number of para-hydroxylation sites is 1. The number of nitrogens with zero attached hydrogens (tertiary/aromatic N) is 3. The molecule has 1 amide bonds. The molecule has 27 heavy (non-hydrogen) atoms. The van der Waals surface area contributed by atoms with Crippen molar-refractivity contribution in [3.05, 3.63) is 86.8 Å². The van der Waals surface area contributed by atoms with Gasteiger partial charge in [0.05, 0.1) is 5.69 Å². The Morgan fingerprint density at radius 1 is 1.19 bits per heavy atom. The molecule has 0 atom stereocenters. The molecule has 0 aliphatic heterocycles. The van der Waals surface area contributed by atoms with Crippen LogP contribution in [0.1, 0.15) is 21.7 Å². The Hall–Kier alpha value is -3.12. The molecule has 0 unspecified atom stereocenters. The zero-order valence-electron chi connectivity index (χ0n) is 14.9. The first-order valence-electron chi connectivity index (χ1n) is 8.26. The average molecular weight is 384 g/mol. The lowest BCUT2D eigenvalue weighted by molar-refractivity contribution is 0.0775. The molecule has 3 aromatic rings. The van der Waals surface area contributed by atoms with Crippen molar-refractivity contribution in [3.63, 3.8) is 0 Å². The van der Waals surface area contributed by atoms with Gasteiger partial charge < -0.3 is 10.0 Å². The van der Waals surface area contributed by atoms with E-state index in [0.717, 1.165) is 0 Å². The Morgan fingerprint density at radius 3 is 2.52 bits per heavy atom. The molecule has 0 fully saturated rings. The molecule has 1 heterocycles. The van der Waals surface area contributed by atoms with Crippen LogP contribution in [0.15, 0.2) is 59.4 Å². The summed E-state index contributed by atoms with van der Waals surface area (Å²) >= 11 is 5.92. The van der Waals surface area contributed by atoms with Gasteiger partial charge in [-0.2, -0.15) is 5.10 Å². The maximum absolute atomic E-state index is 12.8. The van der Waals surface area contributed by atoms with Crippen LogP contribution in [0.4, 0.5) is 0 Å². The number of aromatic nitrogens is 2. The Morgan fingerprint density at radius 2 is 1.85 bits per heavy atom. The van der Waals surface area contributed by atoms with Gasteiger partial charge in [-0.25, -0.2) is 4.68 Å². The summed E-state index contributed by atoms with van der Waals surface area (Å²) < 4.78 is 1.53. The van der Waals surface area contributed by atoms with E-state index in [-0.39, 0.29) is 18.0 Å². The van der Waals surface area contributed by atoms with Crippen molar-refractivity contribution in [1.29, 1.82) is 0 Å². The molecule has 138 valence electrons. The van der Waals surface area contributed by atoms with Gasteiger partial charge in [0.25, 0.3) is 5.91 Å². The first-order chi connectivity index (χ1) is 12.9. The first-order valence-corrected chi connectivity index (χ1v) is 8.64. The van der Waals surface area contributed by atoms with Crippen molar-refractivity contribution >= 4 is 17.5 Å². The van der Waals surface area contributed by atoms with Gasteiger partial charge in [0.2, 0.25) is 5.43 Å². The first kappa shape index (κ1) is 18.7. The van der Waals surface area contributed by atoms with Crippen molar-refractivity contribution in [2.24, 2.45) is 0 Å². The molecule has 1 aromatic heterocycles. The average Bonchev–Trinajstić information content (AvgIpc) is 2.64. The highest BCUT2D eigenvalue weighted by Gasteiger charge is 2.20. The molecule has 1 N–H and O–H groups in total. The second-order valence-corrected chi connectivity index (χ2v) is 6.61. The maximum Gasteiger partial charge on any atom is 0.278 e. The van der Waals surface area contributed by atoms with Crippen LogP contribution >= 0.6 is 11.6 Å². The summed E-state index contributed by atoms with van der Waals surface area (Å²) in [6.45, 7) is 1.89. The van der Waals surface area contributed by atoms with Crippen molar-refractivity contribution < 1.29 is 9.90 Å². The van der Waals surface area contributed by atoms with Crippen molar-refractivity contribution in [1.82, 2.24) is 14.7 Å². The Balaban J connectivity index is 1.94. The predicted molar refractivity (Wildman–Crippen MR) is 103 cm³/mol. The molecule has 0 bridgehead atoms. The van der Waals surface area contributed by atoms with Gasteiger partial charge in [-0.1, -0.05) is 29.8 Å². The number of carbonyl (C=O) groups is 1.